The second-order valence-electron chi connectivity index (χ2n) is 7.56. The number of aryl methyl sites for hydroxylation is 1. The van der Waals surface area contributed by atoms with E-state index in [9.17, 15) is 4.39 Å². The molecule has 0 N–H and O–H groups in total. The van der Waals surface area contributed by atoms with Crippen LogP contribution in [0, 0.1) is 12.9 Å². The maximum atomic E-state index is 13.9. The van der Waals surface area contributed by atoms with Crippen molar-refractivity contribution in [1.29, 1.82) is 0 Å². The molecule has 0 spiro atoms. The van der Waals surface area contributed by atoms with Crippen molar-refractivity contribution in [2.75, 3.05) is 0 Å². The predicted octanol–water partition coefficient (Wildman–Crippen LogP) is 6.64. The van der Waals surface area contributed by atoms with Crippen LogP contribution in [0.1, 0.15) is 56.4 Å². The molecule has 3 rings (SSSR count). The van der Waals surface area contributed by atoms with Crippen molar-refractivity contribution in [2.24, 2.45) is 0 Å². The van der Waals surface area contributed by atoms with Crippen molar-refractivity contribution in [3.63, 3.8) is 0 Å². The molecule has 3 heteroatoms. The number of benzene rings is 1. The Kier molecular flexibility index (Phi) is 5.15. The summed E-state index contributed by atoms with van der Waals surface area (Å²) in [5.74, 6) is -0.390. The number of rotatable bonds is 4. The highest BCUT2D eigenvalue weighted by atomic mass is 79.9. The summed E-state index contributed by atoms with van der Waals surface area (Å²) in [6, 6.07) is 12.3. The highest BCUT2D eigenvalue weighted by Gasteiger charge is 2.41. The van der Waals surface area contributed by atoms with Gasteiger partial charge in [0.1, 0.15) is 0 Å². The highest BCUT2D eigenvalue weighted by Crippen LogP contribution is 2.49. The number of hydrogen-bond acceptors (Lipinski definition) is 1. The zero-order valence-corrected chi connectivity index (χ0v) is 16.7. The van der Waals surface area contributed by atoms with Crippen molar-refractivity contribution in [2.45, 2.75) is 57.3 Å². The first-order valence-corrected chi connectivity index (χ1v) is 9.75. The minimum absolute atomic E-state index is 0.0790. The summed E-state index contributed by atoms with van der Waals surface area (Å²) in [5.41, 5.74) is 3.01. The van der Waals surface area contributed by atoms with Crippen LogP contribution < -0.4 is 0 Å². The van der Waals surface area contributed by atoms with E-state index in [1.165, 1.54) is 5.56 Å². The molecule has 0 saturated carbocycles. The lowest BCUT2D eigenvalue weighted by molar-refractivity contribution is 0.286. The summed E-state index contributed by atoms with van der Waals surface area (Å²) in [6.07, 6.45) is 8.79. The van der Waals surface area contributed by atoms with Gasteiger partial charge in [-0.1, -0.05) is 60.5 Å². The van der Waals surface area contributed by atoms with Gasteiger partial charge in [-0.15, -0.1) is 0 Å². The molecule has 1 aromatic carbocycles. The molecule has 1 aromatic heterocycles. The summed E-state index contributed by atoms with van der Waals surface area (Å²) >= 11 is 3.62. The molecule has 0 saturated heterocycles. The maximum absolute atomic E-state index is 13.9. The molecule has 0 aliphatic heterocycles. The molecular weight excluding hydrogens is 377 g/mol. The average molecular weight is 402 g/mol. The van der Waals surface area contributed by atoms with E-state index < -0.39 is 5.95 Å². The lowest BCUT2D eigenvalue weighted by Gasteiger charge is -2.44. The molecule has 1 aliphatic carbocycles. The topological polar surface area (TPSA) is 12.9 Å². The molecular formula is C22H25BrFN. The van der Waals surface area contributed by atoms with Gasteiger partial charge in [-0.25, -0.2) is 4.98 Å². The van der Waals surface area contributed by atoms with E-state index in [-0.39, 0.29) is 10.8 Å². The van der Waals surface area contributed by atoms with E-state index in [1.54, 1.807) is 6.07 Å². The second kappa shape index (κ2) is 7.03. The van der Waals surface area contributed by atoms with Crippen LogP contribution in [0.2, 0.25) is 0 Å². The zero-order valence-electron chi connectivity index (χ0n) is 15.2. The fourth-order valence-corrected chi connectivity index (χ4v) is 4.79. The van der Waals surface area contributed by atoms with Crippen molar-refractivity contribution in [3.05, 3.63) is 75.8 Å². The number of nitrogens with zero attached hydrogens (tertiary/aromatic N) is 1. The molecule has 2 atom stereocenters. The average Bonchev–Trinajstić information content (AvgIpc) is 2.54. The SMILES string of the molecule is CCCC1(c2cccc(Br)c2)CC=CC(C)(c2cc(C)nc(F)c2)C1. The summed E-state index contributed by atoms with van der Waals surface area (Å²) in [7, 11) is 0. The summed E-state index contributed by atoms with van der Waals surface area (Å²) in [5, 5.41) is 0. The normalized spacial score (nSPS) is 26.0. The third kappa shape index (κ3) is 3.72. The van der Waals surface area contributed by atoms with Gasteiger partial charge in [-0.3, -0.25) is 0 Å². The van der Waals surface area contributed by atoms with Gasteiger partial charge in [0.2, 0.25) is 5.95 Å². The van der Waals surface area contributed by atoms with E-state index in [1.807, 2.05) is 13.0 Å². The minimum atomic E-state index is -0.390. The lowest BCUT2D eigenvalue weighted by atomic mass is 9.59. The number of halogens is 2. The fraction of sp³-hybridized carbons (Fsp3) is 0.409. The molecule has 1 heterocycles. The first kappa shape index (κ1) is 18.3. The van der Waals surface area contributed by atoms with E-state index in [0.29, 0.717) is 0 Å². The Morgan fingerprint density at radius 1 is 1.20 bits per heavy atom. The Hall–Kier alpha value is -1.48. The van der Waals surface area contributed by atoms with Gasteiger partial charge in [0, 0.05) is 15.6 Å². The fourth-order valence-electron chi connectivity index (χ4n) is 4.39. The smallest absolute Gasteiger partial charge is 0.213 e. The van der Waals surface area contributed by atoms with Crippen LogP contribution in [0.15, 0.2) is 53.0 Å². The van der Waals surface area contributed by atoms with E-state index in [0.717, 1.165) is 41.4 Å². The zero-order chi connectivity index (χ0) is 18.1. The third-order valence-electron chi connectivity index (χ3n) is 5.45. The van der Waals surface area contributed by atoms with Gasteiger partial charge in [0.05, 0.1) is 0 Å². The number of pyridine rings is 1. The van der Waals surface area contributed by atoms with Crippen LogP contribution in [-0.4, -0.2) is 4.98 Å². The Morgan fingerprint density at radius 3 is 2.68 bits per heavy atom. The Balaban J connectivity index is 2.07. The lowest BCUT2D eigenvalue weighted by Crippen LogP contribution is -2.38. The number of hydrogen-bond donors (Lipinski definition) is 0. The molecule has 25 heavy (non-hydrogen) atoms. The van der Waals surface area contributed by atoms with Crippen LogP contribution in [0.3, 0.4) is 0 Å². The molecule has 2 aromatic rings. The molecule has 0 radical (unpaired) electrons. The Labute approximate surface area is 158 Å². The van der Waals surface area contributed by atoms with Gasteiger partial charge in [0.15, 0.2) is 0 Å². The quantitative estimate of drug-likeness (QED) is 0.413. The van der Waals surface area contributed by atoms with Crippen LogP contribution in [0.4, 0.5) is 4.39 Å². The Morgan fingerprint density at radius 2 is 2.00 bits per heavy atom. The van der Waals surface area contributed by atoms with Crippen molar-refractivity contribution >= 4 is 15.9 Å². The molecule has 1 nitrogen and oxygen atoms in total. The third-order valence-corrected chi connectivity index (χ3v) is 5.94. The van der Waals surface area contributed by atoms with Crippen molar-refractivity contribution < 1.29 is 4.39 Å². The minimum Gasteiger partial charge on any atom is -0.225 e. The summed E-state index contributed by atoms with van der Waals surface area (Å²) in [4.78, 5) is 3.91. The van der Waals surface area contributed by atoms with Crippen LogP contribution >= 0.6 is 15.9 Å². The van der Waals surface area contributed by atoms with E-state index in [2.05, 4.69) is 71.2 Å². The van der Waals surface area contributed by atoms with Gasteiger partial charge in [-0.05, 0) is 67.0 Å². The number of allylic oxidation sites excluding steroid dienone is 2. The molecule has 0 amide bonds. The first-order chi connectivity index (χ1) is 11.9. The molecule has 1 aliphatic rings. The van der Waals surface area contributed by atoms with Crippen molar-refractivity contribution in [3.8, 4) is 0 Å². The summed E-state index contributed by atoms with van der Waals surface area (Å²) in [6.45, 7) is 6.32. The number of aromatic nitrogens is 1. The van der Waals surface area contributed by atoms with E-state index >= 15 is 0 Å². The molecule has 0 fully saturated rings. The van der Waals surface area contributed by atoms with Crippen LogP contribution in [0.25, 0.3) is 0 Å². The van der Waals surface area contributed by atoms with Gasteiger partial charge in [0.25, 0.3) is 0 Å². The largest absolute Gasteiger partial charge is 0.225 e. The Bertz CT molecular complexity index is 780. The van der Waals surface area contributed by atoms with Gasteiger partial charge < -0.3 is 0 Å². The summed E-state index contributed by atoms with van der Waals surface area (Å²) < 4.78 is 15.0. The molecule has 2 unspecified atom stereocenters. The standard InChI is InChI=1S/C22H25BrFN/c1-4-9-22(17-7-5-8-19(23)13-17)11-6-10-21(3,15-22)18-12-16(2)25-20(24)14-18/h5-8,10,12-14H,4,9,11,15H2,1-3H3. The van der Waals surface area contributed by atoms with Crippen LogP contribution in [0.5, 0.6) is 0 Å². The second-order valence-corrected chi connectivity index (χ2v) is 8.48. The van der Waals surface area contributed by atoms with Gasteiger partial charge >= 0.3 is 0 Å². The maximum Gasteiger partial charge on any atom is 0.213 e. The van der Waals surface area contributed by atoms with Crippen molar-refractivity contribution in [1.82, 2.24) is 4.98 Å². The molecule has 0 bridgehead atoms. The van der Waals surface area contributed by atoms with Crippen LogP contribution in [-0.2, 0) is 10.8 Å². The highest BCUT2D eigenvalue weighted by molar-refractivity contribution is 9.10. The molecule has 132 valence electrons. The predicted molar refractivity (Wildman–Crippen MR) is 105 cm³/mol. The first-order valence-electron chi connectivity index (χ1n) is 8.95. The van der Waals surface area contributed by atoms with Gasteiger partial charge in [-0.2, -0.15) is 4.39 Å². The monoisotopic (exact) mass is 401 g/mol. The van der Waals surface area contributed by atoms with E-state index in [4.69, 9.17) is 0 Å².